The van der Waals surface area contributed by atoms with Crippen LogP contribution in [-0.2, 0) is 27.3 Å². The van der Waals surface area contributed by atoms with Crippen molar-refractivity contribution < 1.29 is 34.1 Å². The Morgan fingerprint density at radius 3 is 2.22 bits per heavy atom. The first kappa shape index (κ1) is 39.7. The number of nitrogens with one attached hydrogen (secondary N) is 2. The van der Waals surface area contributed by atoms with Gasteiger partial charge in [-0.25, -0.2) is 14.6 Å². The molecule has 1 fully saturated rings. The number of hydrogen-bond acceptors (Lipinski definition) is 9. The summed E-state index contributed by atoms with van der Waals surface area (Å²) in [5.41, 5.74) is 0.924. The zero-order chi connectivity index (χ0) is 36.7. The molecule has 4 N–H and O–H groups in total. The molecule has 0 saturated carbocycles. The molecule has 14 heteroatoms. The fourth-order valence-electron chi connectivity index (χ4n) is 5.78. The third kappa shape index (κ3) is 12.3. The molecule has 1 aliphatic heterocycles. The van der Waals surface area contributed by atoms with E-state index in [1.165, 1.54) is 16.2 Å². The van der Waals surface area contributed by atoms with Crippen LogP contribution in [0.15, 0.2) is 41.2 Å². The Morgan fingerprint density at radius 2 is 1.69 bits per heavy atom. The molecule has 1 aliphatic rings. The van der Waals surface area contributed by atoms with Crippen LogP contribution in [0.3, 0.4) is 0 Å². The van der Waals surface area contributed by atoms with Gasteiger partial charge in [-0.1, -0.05) is 51.1 Å². The number of piperazine rings is 1. The van der Waals surface area contributed by atoms with Gasteiger partial charge in [0.15, 0.2) is 0 Å². The first-order chi connectivity index (χ1) is 22.6. The highest BCUT2D eigenvalue weighted by Gasteiger charge is 2.42. The number of aliphatic hydroxyl groups is 1. The van der Waals surface area contributed by atoms with E-state index in [4.69, 9.17) is 4.74 Å². The molecule has 2 heterocycles. The van der Waals surface area contributed by atoms with E-state index in [0.717, 1.165) is 10.5 Å². The molecule has 1 aromatic carbocycles. The summed E-state index contributed by atoms with van der Waals surface area (Å²) in [4.78, 5) is 61.9. The summed E-state index contributed by atoms with van der Waals surface area (Å²) in [6.45, 7) is 16.8. The quantitative estimate of drug-likeness (QED) is 0.271. The van der Waals surface area contributed by atoms with Crippen molar-refractivity contribution in [1.82, 2.24) is 30.3 Å². The first-order valence-corrected chi connectivity index (χ1v) is 17.5. The second-order valence-corrected chi connectivity index (χ2v) is 16.4. The minimum atomic E-state index is -1.27. The van der Waals surface area contributed by atoms with E-state index in [0.29, 0.717) is 5.69 Å². The number of amides is 4. The molecule has 0 unspecified atom stereocenters. The van der Waals surface area contributed by atoms with Gasteiger partial charge < -0.3 is 30.5 Å². The maximum atomic E-state index is 14.1. The zero-order valence-corrected chi connectivity index (χ0v) is 31.0. The molecule has 2 aromatic rings. The van der Waals surface area contributed by atoms with Gasteiger partial charge >= 0.3 is 12.2 Å². The lowest BCUT2D eigenvalue weighted by molar-refractivity contribution is -0.133. The average Bonchev–Trinajstić information content (AvgIpc) is 3.48. The topological polar surface area (TPSA) is 165 Å². The Labute approximate surface area is 294 Å². The molecule has 0 bridgehead atoms. The number of carbonyl (C=O) groups excluding carboxylic acids is 3. The second-order valence-electron chi connectivity index (χ2n) is 15.7. The van der Waals surface area contributed by atoms with Crippen LogP contribution in [0.5, 0.6) is 0 Å². The van der Waals surface area contributed by atoms with Crippen LogP contribution in [0.4, 0.5) is 9.59 Å². The molecule has 4 amide bonds. The number of thiazole rings is 1. The number of carbonyl (C=O) groups is 4. The number of β-amino-alcohol motifs (C(OH)–C–C–N with tert-alkyl or cyclic N) is 1. The molecule has 4 atom stereocenters. The molecule has 13 nitrogen and oxygen atoms in total. The summed E-state index contributed by atoms with van der Waals surface area (Å²) in [7, 11) is 0. The van der Waals surface area contributed by atoms with Crippen LogP contribution in [0.1, 0.15) is 73.6 Å². The lowest BCUT2D eigenvalue weighted by Gasteiger charge is -2.43. The molecule has 0 aliphatic carbocycles. The van der Waals surface area contributed by atoms with Gasteiger partial charge in [-0.05, 0) is 58.9 Å². The number of benzene rings is 1. The Morgan fingerprint density at radius 1 is 1.04 bits per heavy atom. The molecular weight excluding hydrogens is 648 g/mol. The Balaban J connectivity index is 1.91. The fraction of sp³-hybridized carbons (Fsp3) is 0.629. The van der Waals surface area contributed by atoms with Gasteiger partial charge in [0.1, 0.15) is 17.7 Å². The SMILES string of the molecule is CC(C)(C)NC(=O)[C@@H]1CN(C(=O)OC(C)(C)C)CCN1C[C@@H](O)[C@H](Cc1ccccc1)NC(=O)[C@@H](N(Cc1cscn1)C(=O)O)C(C)(C)C. The third-order valence-corrected chi connectivity index (χ3v) is 8.53. The van der Waals surface area contributed by atoms with Crippen molar-refractivity contribution in [2.45, 2.75) is 111 Å². The smallest absolute Gasteiger partial charge is 0.410 e. The first-order valence-electron chi connectivity index (χ1n) is 16.6. The Bertz CT molecular complexity index is 1400. The maximum absolute atomic E-state index is 14.1. The maximum Gasteiger partial charge on any atom is 0.410 e. The molecule has 3 rings (SSSR count). The number of ether oxygens (including phenoxy) is 1. The van der Waals surface area contributed by atoms with E-state index < -0.39 is 58.9 Å². The molecule has 0 radical (unpaired) electrons. The molecular formula is C35H54N6O7S. The Kier molecular flexibility index (Phi) is 13.2. The normalized spacial score (nSPS) is 17.8. The van der Waals surface area contributed by atoms with Crippen LogP contribution >= 0.6 is 11.3 Å². The number of rotatable bonds is 11. The van der Waals surface area contributed by atoms with Crippen molar-refractivity contribution in [3.63, 3.8) is 0 Å². The molecule has 1 saturated heterocycles. The lowest BCUT2D eigenvalue weighted by Crippen LogP contribution is -2.64. The highest BCUT2D eigenvalue weighted by atomic mass is 32.1. The summed E-state index contributed by atoms with van der Waals surface area (Å²) < 4.78 is 5.58. The van der Waals surface area contributed by atoms with Gasteiger partial charge in [0.2, 0.25) is 11.8 Å². The van der Waals surface area contributed by atoms with Crippen LogP contribution in [-0.4, -0.2) is 115 Å². The molecule has 272 valence electrons. The summed E-state index contributed by atoms with van der Waals surface area (Å²) in [6.07, 6.45) is -2.71. The van der Waals surface area contributed by atoms with Crippen LogP contribution in [0.2, 0.25) is 0 Å². The monoisotopic (exact) mass is 702 g/mol. The predicted molar refractivity (Wildman–Crippen MR) is 188 cm³/mol. The van der Waals surface area contributed by atoms with Gasteiger partial charge in [0.05, 0.1) is 29.9 Å². The van der Waals surface area contributed by atoms with Gasteiger partial charge in [0.25, 0.3) is 0 Å². The second kappa shape index (κ2) is 16.3. The van der Waals surface area contributed by atoms with E-state index in [1.54, 1.807) is 52.4 Å². The molecule has 1 aromatic heterocycles. The molecule has 0 spiro atoms. The van der Waals surface area contributed by atoms with Crippen molar-refractivity contribution in [2.75, 3.05) is 26.2 Å². The minimum absolute atomic E-state index is 0.00379. The van der Waals surface area contributed by atoms with E-state index >= 15 is 0 Å². The Hall–Kier alpha value is -3.75. The van der Waals surface area contributed by atoms with E-state index in [1.807, 2.05) is 56.0 Å². The highest BCUT2D eigenvalue weighted by molar-refractivity contribution is 7.07. The van der Waals surface area contributed by atoms with E-state index in [2.05, 4.69) is 15.6 Å². The number of aliphatic hydroxyl groups excluding tert-OH is 1. The van der Waals surface area contributed by atoms with Crippen molar-refractivity contribution in [3.8, 4) is 0 Å². The van der Waals surface area contributed by atoms with Gasteiger partial charge in [-0.15, -0.1) is 11.3 Å². The van der Waals surface area contributed by atoms with Crippen LogP contribution in [0, 0.1) is 5.41 Å². The van der Waals surface area contributed by atoms with Crippen molar-refractivity contribution >= 4 is 35.3 Å². The largest absolute Gasteiger partial charge is 0.465 e. The van der Waals surface area contributed by atoms with E-state index in [9.17, 15) is 29.4 Å². The van der Waals surface area contributed by atoms with Crippen LogP contribution in [0.25, 0.3) is 0 Å². The summed E-state index contributed by atoms with van der Waals surface area (Å²) in [5.74, 6) is -0.856. The highest BCUT2D eigenvalue weighted by Crippen LogP contribution is 2.27. The van der Waals surface area contributed by atoms with E-state index in [-0.39, 0.29) is 45.1 Å². The van der Waals surface area contributed by atoms with Crippen LogP contribution < -0.4 is 10.6 Å². The molecule has 49 heavy (non-hydrogen) atoms. The van der Waals surface area contributed by atoms with Crippen molar-refractivity contribution in [3.05, 3.63) is 52.5 Å². The number of carboxylic acid groups (broad SMARTS) is 1. The van der Waals surface area contributed by atoms with Crippen molar-refractivity contribution in [1.29, 1.82) is 0 Å². The summed E-state index contributed by atoms with van der Waals surface area (Å²) in [6, 6.07) is 6.62. The number of nitrogens with zero attached hydrogens (tertiary/aromatic N) is 4. The number of hydrogen-bond donors (Lipinski definition) is 4. The van der Waals surface area contributed by atoms with Gasteiger partial charge in [-0.3, -0.25) is 19.4 Å². The average molecular weight is 703 g/mol. The predicted octanol–water partition coefficient (Wildman–Crippen LogP) is 3.96. The van der Waals surface area contributed by atoms with Gasteiger partial charge in [0, 0.05) is 37.1 Å². The minimum Gasteiger partial charge on any atom is -0.465 e. The van der Waals surface area contributed by atoms with Gasteiger partial charge in [-0.2, -0.15) is 0 Å². The number of aromatic nitrogens is 1. The van der Waals surface area contributed by atoms with Crippen molar-refractivity contribution in [2.24, 2.45) is 5.41 Å². The summed E-state index contributed by atoms with van der Waals surface area (Å²) >= 11 is 1.34. The standard InChI is InChI=1S/C35H54N6O7S/c1-33(2,3)28(41(31(45)46)18-24-21-49-22-36-24)30(44)37-25(17-23-13-11-10-12-14-23)27(42)20-39-15-16-40(32(47)48-35(7,8)9)19-26(39)29(43)38-34(4,5)6/h10-14,21-22,25-28,42H,15-20H2,1-9H3,(H,37,44)(H,38,43)(H,45,46)/t25-,26-,27+,28+/m0/s1. The fourth-order valence-corrected chi connectivity index (χ4v) is 6.32. The third-order valence-electron chi connectivity index (χ3n) is 7.90. The summed E-state index contributed by atoms with van der Waals surface area (Å²) in [5, 5.41) is 29.8. The zero-order valence-electron chi connectivity index (χ0n) is 30.2. The lowest BCUT2D eigenvalue weighted by atomic mass is 9.84.